The molecule has 0 saturated heterocycles. The standard InChI is InChI=1S/C11H11BrN2O3/c1-13-8-3-2-7(12)4-9(8)14(5-10(13)15)6-11(16)17/h2-4H,5-6H2,1H3,(H,16,17). The number of fused-ring (bicyclic) bond motifs is 1. The first-order chi connectivity index (χ1) is 7.99. The molecule has 5 nitrogen and oxygen atoms in total. The van der Waals surface area contributed by atoms with Gasteiger partial charge in [-0.2, -0.15) is 0 Å². The molecule has 0 fully saturated rings. The fraction of sp³-hybridized carbons (Fsp3) is 0.273. The number of benzene rings is 1. The minimum Gasteiger partial charge on any atom is -0.480 e. The van der Waals surface area contributed by atoms with Crippen LogP contribution in [-0.4, -0.2) is 37.1 Å². The Morgan fingerprint density at radius 3 is 2.82 bits per heavy atom. The van der Waals surface area contributed by atoms with Crippen LogP contribution < -0.4 is 9.80 Å². The Hall–Kier alpha value is -1.56. The van der Waals surface area contributed by atoms with Gasteiger partial charge in [0.25, 0.3) is 0 Å². The molecule has 0 radical (unpaired) electrons. The number of halogens is 1. The predicted molar refractivity (Wildman–Crippen MR) is 67.4 cm³/mol. The molecule has 0 bridgehead atoms. The number of hydrogen-bond donors (Lipinski definition) is 1. The van der Waals surface area contributed by atoms with Gasteiger partial charge in [-0.25, -0.2) is 0 Å². The van der Waals surface area contributed by atoms with E-state index in [0.717, 1.165) is 15.8 Å². The smallest absolute Gasteiger partial charge is 0.323 e. The molecule has 6 heteroatoms. The van der Waals surface area contributed by atoms with Crippen LogP contribution in [0.1, 0.15) is 0 Å². The molecule has 0 atom stereocenters. The molecule has 0 aromatic heterocycles. The molecule has 17 heavy (non-hydrogen) atoms. The number of amides is 1. The minimum atomic E-state index is -0.951. The van der Waals surface area contributed by atoms with Gasteiger partial charge in [-0.3, -0.25) is 9.59 Å². The van der Waals surface area contributed by atoms with Crippen molar-refractivity contribution in [3.8, 4) is 0 Å². The number of aliphatic carboxylic acids is 1. The van der Waals surface area contributed by atoms with E-state index in [-0.39, 0.29) is 19.0 Å². The highest BCUT2D eigenvalue weighted by Crippen LogP contribution is 2.34. The van der Waals surface area contributed by atoms with Crippen molar-refractivity contribution in [2.45, 2.75) is 0 Å². The molecule has 1 aliphatic heterocycles. The van der Waals surface area contributed by atoms with Gasteiger partial charge in [0.1, 0.15) is 6.54 Å². The first kappa shape index (κ1) is 11.9. The van der Waals surface area contributed by atoms with Gasteiger partial charge in [-0.15, -0.1) is 0 Å². The van der Waals surface area contributed by atoms with E-state index in [1.807, 2.05) is 12.1 Å². The van der Waals surface area contributed by atoms with E-state index in [0.29, 0.717) is 0 Å². The molecular weight excluding hydrogens is 288 g/mol. The van der Waals surface area contributed by atoms with Gasteiger partial charge in [0.15, 0.2) is 0 Å². The monoisotopic (exact) mass is 298 g/mol. The maximum atomic E-state index is 11.7. The largest absolute Gasteiger partial charge is 0.480 e. The summed E-state index contributed by atoms with van der Waals surface area (Å²) in [6, 6.07) is 5.44. The Labute approximate surface area is 107 Å². The molecule has 2 rings (SSSR count). The van der Waals surface area contributed by atoms with Crippen molar-refractivity contribution in [2.75, 3.05) is 29.9 Å². The lowest BCUT2D eigenvalue weighted by Gasteiger charge is -2.34. The molecule has 1 amide bonds. The van der Waals surface area contributed by atoms with Gasteiger partial charge < -0.3 is 14.9 Å². The van der Waals surface area contributed by atoms with Crippen molar-refractivity contribution in [1.29, 1.82) is 0 Å². The third-order valence-electron chi connectivity index (χ3n) is 2.67. The number of rotatable bonds is 2. The van der Waals surface area contributed by atoms with Crippen LogP contribution in [0.4, 0.5) is 11.4 Å². The van der Waals surface area contributed by atoms with Crippen LogP contribution in [0.15, 0.2) is 22.7 Å². The van der Waals surface area contributed by atoms with E-state index in [4.69, 9.17) is 5.11 Å². The Bertz CT molecular complexity index is 490. The highest BCUT2D eigenvalue weighted by atomic mass is 79.9. The van der Waals surface area contributed by atoms with Crippen molar-refractivity contribution in [3.05, 3.63) is 22.7 Å². The van der Waals surface area contributed by atoms with E-state index in [9.17, 15) is 9.59 Å². The van der Waals surface area contributed by atoms with Gasteiger partial charge >= 0.3 is 5.97 Å². The molecular formula is C11H11BrN2O3. The van der Waals surface area contributed by atoms with Crippen LogP contribution in [0.25, 0.3) is 0 Å². The zero-order valence-corrected chi connectivity index (χ0v) is 10.8. The average Bonchev–Trinajstić information content (AvgIpc) is 2.25. The minimum absolute atomic E-state index is 0.0895. The van der Waals surface area contributed by atoms with Gasteiger partial charge in [0, 0.05) is 11.5 Å². The Morgan fingerprint density at radius 1 is 1.47 bits per heavy atom. The van der Waals surface area contributed by atoms with Crippen molar-refractivity contribution < 1.29 is 14.7 Å². The fourth-order valence-corrected chi connectivity index (χ4v) is 2.18. The summed E-state index contributed by atoms with van der Waals surface area (Å²) in [6.45, 7) is -0.0880. The molecule has 1 heterocycles. The maximum absolute atomic E-state index is 11.7. The first-order valence-electron chi connectivity index (χ1n) is 5.02. The molecule has 1 aromatic carbocycles. The molecule has 90 valence electrons. The van der Waals surface area contributed by atoms with Gasteiger partial charge in [0.2, 0.25) is 5.91 Å². The van der Waals surface area contributed by atoms with E-state index >= 15 is 0 Å². The SMILES string of the molecule is CN1C(=O)CN(CC(=O)O)c2cc(Br)ccc21. The van der Waals surface area contributed by atoms with Crippen molar-refractivity contribution in [3.63, 3.8) is 0 Å². The van der Waals surface area contributed by atoms with E-state index in [1.165, 1.54) is 0 Å². The topological polar surface area (TPSA) is 60.9 Å². The normalized spacial score (nSPS) is 14.8. The molecule has 1 N–H and O–H groups in total. The second kappa shape index (κ2) is 4.37. The Kier molecular flexibility index (Phi) is 3.06. The average molecular weight is 299 g/mol. The highest BCUT2D eigenvalue weighted by molar-refractivity contribution is 9.10. The van der Waals surface area contributed by atoms with Crippen LogP contribution in [0.5, 0.6) is 0 Å². The first-order valence-corrected chi connectivity index (χ1v) is 5.81. The summed E-state index contributed by atoms with van der Waals surface area (Å²) >= 11 is 3.34. The van der Waals surface area contributed by atoms with Gasteiger partial charge in [-0.05, 0) is 18.2 Å². The summed E-state index contributed by atoms with van der Waals surface area (Å²) in [4.78, 5) is 25.6. The number of carboxylic acid groups (broad SMARTS) is 1. The second-order valence-electron chi connectivity index (χ2n) is 3.84. The lowest BCUT2D eigenvalue weighted by molar-refractivity contribution is -0.135. The third kappa shape index (κ3) is 2.26. The lowest BCUT2D eigenvalue weighted by atomic mass is 10.1. The molecule has 0 saturated carbocycles. The van der Waals surface area contributed by atoms with E-state index in [2.05, 4.69) is 15.9 Å². The molecule has 0 spiro atoms. The van der Waals surface area contributed by atoms with E-state index in [1.54, 1.807) is 22.9 Å². The van der Waals surface area contributed by atoms with E-state index < -0.39 is 5.97 Å². The summed E-state index contributed by atoms with van der Waals surface area (Å²) < 4.78 is 0.856. The number of likely N-dealkylation sites (N-methyl/N-ethyl adjacent to an activating group) is 1. The van der Waals surface area contributed by atoms with Crippen LogP contribution in [0.2, 0.25) is 0 Å². The van der Waals surface area contributed by atoms with Gasteiger partial charge in [-0.1, -0.05) is 15.9 Å². The molecule has 1 aliphatic rings. The summed E-state index contributed by atoms with van der Waals surface area (Å²) in [5, 5.41) is 8.83. The quantitative estimate of drug-likeness (QED) is 0.894. The van der Waals surface area contributed by atoms with Crippen LogP contribution in [0.3, 0.4) is 0 Å². The second-order valence-corrected chi connectivity index (χ2v) is 4.75. The van der Waals surface area contributed by atoms with Gasteiger partial charge in [0.05, 0.1) is 17.9 Å². The zero-order chi connectivity index (χ0) is 12.6. The number of hydrogen-bond acceptors (Lipinski definition) is 3. The van der Waals surface area contributed by atoms with Crippen LogP contribution in [-0.2, 0) is 9.59 Å². The Balaban J connectivity index is 2.46. The molecule has 0 unspecified atom stereocenters. The van der Waals surface area contributed by atoms with Crippen molar-refractivity contribution >= 4 is 39.2 Å². The highest BCUT2D eigenvalue weighted by Gasteiger charge is 2.27. The lowest BCUT2D eigenvalue weighted by Crippen LogP contribution is -2.45. The summed E-state index contributed by atoms with van der Waals surface area (Å²) in [6.07, 6.45) is 0. The number of anilines is 2. The fourth-order valence-electron chi connectivity index (χ4n) is 1.83. The number of carboxylic acids is 1. The van der Waals surface area contributed by atoms with Crippen molar-refractivity contribution in [1.82, 2.24) is 0 Å². The molecule has 0 aliphatic carbocycles. The van der Waals surface area contributed by atoms with Crippen LogP contribution in [0, 0.1) is 0 Å². The summed E-state index contributed by atoms with van der Waals surface area (Å²) in [5.41, 5.74) is 1.48. The third-order valence-corrected chi connectivity index (χ3v) is 3.16. The summed E-state index contributed by atoms with van der Waals surface area (Å²) in [7, 11) is 1.69. The number of nitrogens with zero attached hydrogens (tertiary/aromatic N) is 2. The number of carbonyl (C=O) groups is 2. The summed E-state index contributed by atoms with van der Waals surface area (Å²) in [5.74, 6) is -1.06. The Morgan fingerprint density at radius 2 is 2.18 bits per heavy atom. The number of carbonyl (C=O) groups excluding carboxylic acids is 1. The zero-order valence-electron chi connectivity index (χ0n) is 9.18. The molecule has 1 aromatic rings. The maximum Gasteiger partial charge on any atom is 0.323 e. The predicted octanol–water partition coefficient (Wildman–Crippen LogP) is 1.32. The van der Waals surface area contributed by atoms with Crippen molar-refractivity contribution in [2.24, 2.45) is 0 Å². The van der Waals surface area contributed by atoms with Crippen LogP contribution >= 0.6 is 15.9 Å².